The SMILES string of the molecule is CCS(=O)(=O)NCCN(c1ccc(C)cc1)S(C)(=O)=O. The third-order valence-electron chi connectivity index (χ3n) is 2.74. The fourth-order valence-electron chi connectivity index (χ4n) is 1.60. The van der Waals surface area contributed by atoms with Gasteiger partial charge in [0.2, 0.25) is 20.0 Å². The Morgan fingerprint density at radius 1 is 1.10 bits per heavy atom. The summed E-state index contributed by atoms with van der Waals surface area (Å²) in [5.74, 6) is -0.0313. The molecule has 0 saturated heterocycles. The molecule has 0 radical (unpaired) electrons. The van der Waals surface area contributed by atoms with Crippen molar-refractivity contribution in [2.75, 3.05) is 29.4 Å². The lowest BCUT2D eigenvalue weighted by atomic mass is 10.2. The van der Waals surface area contributed by atoms with Crippen molar-refractivity contribution < 1.29 is 16.8 Å². The average molecular weight is 320 g/mol. The largest absolute Gasteiger partial charge is 0.269 e. The monoisotopic (exact) mass is 320 g/mol. The highest BCUT2D eigenvalue weighted by Crippen LogP contribution is 2.17. The molecule has 0 saturated carbocycles. The molecular formula is C12H20N2O4S2. The number of benzene rings is 1. The Bertz CT molecular complexity index is 637. The Balaban J connectivity index is 2.85. The Labute approximate surface area is 120 Å². The van der Waals surface area contributed by atoms with Crippen LogP contribution in [-0.4, -0.2) is 41.9 Å². The molecule has 6 nitrogen and oxygen atoms in total. The van der Waals surface area contributed by atoms with E-state index in [-0.39, 0.29) is 18.8 Å². The van der Waals surface area contributed by atoms with Crippen LogP contribution in [0.15, 0.2) is 24.3 Å². The highest BCUT2D eigenvalue weighted by molar-refractivity contribution is 7.92. The zero-order valence-corrected chi connectivity index (χ0v) is 13.5. The standard InChI is InChI=1S/C12H20N2O4S2/c1-4-20(17,18)13-9-10-14(19(3,15)16)12-7-5-11(2)6-8-12/h5-8,13H,4,9-10H2,1-3H3. The normalized spacial score (nSPS) is 12.3. The molecule has 20 heavy (non-hydrogen) atoms. The van der Waals surface area contributed by atoms with Crippen LogP contribution in [-0.2, 0) is 20.0 Å². The highest BCUT2D eigenvalue weighted by atomic mass is 32.2. The van der Waals surface area contributed by atoms with Crippen molar-refractivity contribution in [3.05, 3.63) is 29.8 Å². The van der Waals surface area contributed by atoms with Gasteiger partial charge in [-0.25, -0.2) is 21.6 Å². The van der Waals surface area contributed by atoms with E-state index >= 15 is 0 Å². The lowest BCUT2D eigenvalue weighted by molar-refractivity contribution is 0.579. The number of hydrogen-bond donors (Lipinski definition) is 1. The van der Waals surface area contributed by atoms with Crippen molar-refractivity contribution in [2.24, 2.45) is 0 Å². The van der Waals surface area contributed by atoms with Gasteiger partial charge in [-0.3, -0.25) is 4.31 Å². The first-order chi connectivity index (χ1) is 9.15. The van der Waals surface area contributed by atoms with E-state index in [1.165, 1.54) is 11.2 Å². The van der Waals surface area contributed by atoms with Gasteiger partial charge in [0.05, 0.1) is 17.7 Å². The summed E-state index contributed by atoms with van der Waals surface area (Å²) < 4.78 is 49.8. The lowest BCUT2D eigenvalue weighted by Crippen LogP contribution is -2.38. The van der Waals surface area contributed by atoms with E-state index in [1.54, 1.807) is 12.1 Å². The predicted octanol–water partition coefficient (Wildman–Crippen LogP) is 0.700. The third kappa shape index (κ3) is 5.10. The average Bonchev–Trinajstić information content (AvgIpc) is 2.35. The quantitative estimate of drug-likeness (QED) is 0.801. The van der Waals surface area contributed by atoms with Crippen molar-refractivity contribution in [1.29, 1.82) is 0 Å². The Morgan fingerprint density at radius 3 is 2.10 bits per heavy atom. The molecule has 8 heteroatoms. The van der Waals surface area contributed by atoms with E-state index in [0.29, 0.717) is 5.69 Å². The maximum atomic E-state index is 11.8. The van der Waals surface area contributed by atoms with Crippen molar-refractivity contribution in [2.45, 2.75) is 13.8 Å². The van der Waals surface area contributed by atoms with Gasteiger partial charge in [0.15, 0.2) is 0 Å². The number of anilines is 1. The third-order valence-corrected chi connectivity index (χ3v) is 5.34. The van der Waals surface area contributed by atoms with Crippen LogP contribution in [0.2, 0.25) is 0 Å². The summed E-state index contributed by atoms with van der Waals surface area (Å²) in [6.45, 7) is 3.53. The minimum absolute atomic E-state index is 0.0313. The van der Waals surface area contributed by atoms with Gasteiger partial charge in [-0.2, -0.15) is 0 Å². The second-order valence-electron chi connectivity index (χ2n) is 4.47. The van der Waals surface area contributed by atoms with Crippen LogP contribution < -0.4 is 9.03 Å². The Morgan fingerprint density at radius 2 is 1.65 bits per heavy atom. The van der Waals surface area contributed by atoms with Gasteiger partial charge in [0.1, 0.15) is 0 Å². The predicted molar refractivity (Wildman–Crippen MR) is 80.8 cm³/mol. The molecule has 114 valence electrons. The summed E-state index contributed by atoms with van der Waals surface area (Å²) in [7, 11) is -6.78. The van der Waals surface area contributed by atoms with E-state index in [9.17, 15) is 16.8 Å². The van der Waals surface area contributed by atoms with E-state index in [4.69, 9.17) is 0 Å². The molecule has 1 rings (SSSR count). The summed E-state index contributed by atoms with van der Waals surface area (Å²) in [5, 5.41) is 0. The molecule has 1 N–H and O–H groups in total. The molecule has 0 spiro atoms. The molecule has 0 aliphatic carbocycles. The van der Waals surface area contributed by atoms with Gasteiger partial charge >= 0.3 is 0 Å². The van der Waals surface area contributed by atoms with Crippen LogP contribution >= 0.6 is 0 Å². The summed E-state index contributed by atoms with van der Waals surface area (Å²) in [4.78, 5) is 0. The van der Waals surface area contributed by atoms with Gasteiger partial charge < -0.3 is 0 Å². The maximum absolute atomic E-state index is 11.8. The maximum Gasteiger partial charge on any atom is 0.232 e. The molecule has 0 amide bonds. The van der Waals surface area contributed by atoms with Crippen LogP contribution in [0.3, 0.4) is 0 Å². The number of rotatable bonds is 7. The molecular weight excluding hydrogens is 300 g/mol. The van der Waals surface area contributed by atoms with Gasteiger partial charge in [-0.1, -0.05) is 17.7 Å². The lowest BCUT2D eigenvalue weighted by Gasteiger charge is -2.22. The van der Waals surface area contributed by atoms with Crippen LogP contribution in [0, 0.1) is 6.92 Å². The molecule has 0 unspecified atom stereocenters. The molecule has 0 aromatic heterocycles. The van der Waals surface area contributed by atoms with Crippen LogP contribution in [0.5, 0.6) is 0 Å². The molecule has 0 aliphatic rings. The first-order valence-electron chi connectivity index (χ1n) is 6.17. The smallest absolute Gasteiger partial charge is 0.232 e. The van der Waals surface area contributed by atoms with E-state index in [2.05, 4.69) is 4.72 Å². The molecule has 0 aliphatic heterocycles. The molecule has 1 aromatic carbocycles. The number of hydrogen-bond acceptors (Lipinski definition) is 4. The number of nitrogens with zero attached hydrogens (tertiary/aromatic N) is 1. The zero-order chi connectivity index (χ0) is 15.4. The molecule has 1 aromatic rings. The van der Waals surface area contributed by atoms with Crippen molar-refractivity contribution in [3.63, 3.8) is 0 Å². The Hall–Kier alpha value is -1.12. The zero-order valence-electron chi connectivity index (χ0n) is 11.8. The summed E-state index contributed by atoms with van der Waals surface area (Å²) in [6.07, 6.45) is 1.10. The topological polar surface area (TPSA) is 83.6 Å². The van der Waals surface area contributed by atoms with Crippen LogP contribution in [0.4, 0.5) is 5.69 Å². The fourth-order valence-corrected chi connectivity index (χ4v) is 3.14. The number of aryl methyl sites for hydroxylation is 1. The van der Waals surface area contributed by atoms with Crippen LogP contribution in [0.1, 0.15) is 12.5 Å². The second kappa shape index (κ2) is 6.55. The minimum Gasteiger partial charge on any atom is -0.269 e. The first kappa shape index (κ1) is 16.9. The number of sulfonamides is 2. The summed E-state index contributed by atoms with van der Waals surface area (Å²) in [5.41, 5.74) is 1.54. The number of nitrogens with one attached hydrogen (secondary N) is 1. The molecule has 0 heterocycles. The van der Waals surface area contributed by atoms with E-state index in [1.807, 2.05) is 19.1 Å². The molecule has 0 atom stereocenters. The van der Waals surface area contributed by atoms with Gasteiger partial charge in [-0.05, 0) is 26.0 Å². The van der Waals surface area contributed by atoms with Gasteiger partial charge in [0, 0.05) is 13.1 Å². The van der Waals surface area contributed by atoms with Gasteiger partial charge in [-0.15, -0.1) is 0 Å². The highest BCUT2D eigenvalue weighted by Gasteiger charge is 2.17. The van der Waals surface area contributed by atoms with E-state index < -0.39 is 20.0 Å². The van der Waals surface area contributed by atoms with Crippen LogP contribution in [0.25, 0.3) is 0 Å². The molecule has 0 fully saturated rings. The second-order valence-corrected chi connectivity index (χ2v) is 8.47. The fraction of sp³-hybridized carbons (Fsp3) is 0.500. The summed E-state index contributed by atoms with van der Waals surface area (Å²) >= 11 is 0. The first-order valence-corrected chi connectivity index (χ1v) is 9.67. The van der Waals surface area contributed by atoms with Crippen molar-refractivity contribution >= 4 is 25.7 Å². The molecule has 0 bridgehead atoms. The Kier molecular flexibility index (Phi) is 5.55. The van der Waals surface area contributed by atoms with Crippen molar-refractivity contribution in [3.8, 4) is 0 Å². The minimum atomic E-state index is -3.46. The van der Waals surface area contributed by atoms with Gasteiger partial charge in [0.25, 0.3) is 0 Å². The van der Waals surface area contributed by atoms with Crippen molar-refractivity contribution in [1.82, 2.24) is 4.72 Å². The van der Waals surface area contributed by atoms with E-state index in [0.717, 1.165) is 11.8 Å². The summed E-state index contributed by atoms with van der Waals surface area (Å²) in [6, 6.07) is 7.02.